The molecule has 0 unspecified atom stereocenters. The van der Waals surface area contributed by atoms with Crippen molar-refractivity contribution in [2.45, 2.75) is 37.8 Å². The molecule has 0 fully saturated rings. The molecule has 2 atom stereocenters. The minimum atomic E-state index is -1.38. The fraction of sp³-hybridized carbons (Fsp3) is 0.348. The Balaban J connectivity index is 1.57. The van der Waals surface area contributed by atoms with E-state index in [2.05, 4.69) is 22.8 Å². The van der Waals surface area contributed by atoms with E-state index < -0.39 is 36.7 Å². The first-order valence-electron chi connectivity index (χ1n) is 10.2. The first-order valence-corrected chi connectivity index (χ1v) is 10.2. The van der Waals surface area contributed by atoms with Gasteiger partial charge in [0.15, 0.2) is 0 Å². The SMILES string of the molecule is CC[C@H](CC(=O)N[C@@H](CO)C(=O)O)NC(=O)OCC1c2ccccc2-c2ccccc21. The van der Waals surface area contributed by atoms with Gasteiger partial charge in [0.25, 0.3) is 0 Å². The largest absolute Gasteiger partial charge is 0.480 e. The highest BCUT2D eigenvalue weighted by Crippen LogP contribution is 2.44. The number of carbonyl (C=O) groups excluding carboxylic acids is 2. The summed E-state index contributed by atoms with van der Waals surface area (Å²) in [6.07, 6.45) is -0.308. The van der Waals surface area contributed by atoms with Crippen LogP contribution < -0.4 is 10.6 Å². The van der Waals surface area contributed by atoms with Crippen molar-refractivity contribution >= 4 is 18.0 Å². The monoisotopic (exact) mass is 426 g/mol. The van der Waals surface area contributed by atoms with Gasteiger partial charge in [-0.25, -0.2) is 9.59 Å². The number of amides is 2. The van der Waals surface area contributed by atoms with E-state index in [1.165, 1.54) is 0 Å². The second kappa shape index (κ2) is 10.1. The molecule has 0 bridgehead atoms. The van der Waals surface area contributed by atoms with Gasteiger partial charge >= 0.3 is 12.1 Å². The Hall–Kier alpha value is -3.39. The van der Waals surface area contributed by atoms with Gasteiger partial charge in [-0.3, -0.25) is 4.79 Å². The van der Waals surface area contributed by atoms with Gasteiger partial charge in [0.1, 0.15) is 12.6 Å². The van der Waals surface area contributed by atoms with E-state index in [-0.39, 0.29) is 18.9 Å². The van der Waals surface area contributed by atoms with Crippen molar-refractivity contribution in [2.24, 2.45) is 0 Å². The molecular formula is C23H26N2O6. The van der Waals surface area contributed by atoms with E-state index in [1.54, 1.807) is 6.92 Å². The van der Waals surface area contributed by atoms with Crippen LogP contribution in [0.3, 0.4) is 0 Å². The Kier molecular flexibility index (Phi) is 7.25. The van der Waals surface area contributed by atoms with Crippen LogP contribution in [0.2, 0.25) is 0 Å². The highest BCUT2D eigenvalue weighted by molar-refractivity contribution is 5.84. The third-order valence-corrected chi connectivity index (χ3v) is 5.41. The Morgan fingerprint density at radius 3 is 2.10 bits per heavy atom. The lowest BCUT2D eigenvalue weighted by Gasteiger charge is -2.19. The smallest absolute Gasteiger partial charge is 0.407 e. The molecule has 1 aliphatic rings. The van der Waals surface area contributed by atoms with E-state index >= 15 is 0 Å². The molecule has 2 amide bonds. The zero-order chi connectivity index (χ0) is 22.4. The summed E-state index contributed by atoms with van der Waals surface area (Å²) in [6, 6.07) is 14.1. The summed E-state index contributed by atoms with van der Waals surface area (Å²) in [7, 11) is 0. The summed E-state index contributed by atoms with van der Waals surface area (Å²) in [5, 5.41) is 22.8. The average Bonchev–Trinajstić information content (AvgIpc) is 3.09. The molecule has 2 aromatic carbocycles. The molecule has 31 heavy (non-hydrogen) atoms. The maximum atomic E-state index is 12.4. The molecule has 0 aliphatic heterocycles. The Morgan fingerprint density at radius 1 is 1.00 bits per heavy atom. The van der Waals surface area contributed by atoms with E-state index in [9.17, 15) is 14.4 Å². The number of fused-ring (bicyclic) bond motifs is 3. The Bertz CT molecular complexity index is 915. The number of hydrogen-bond donors (Lipinski definition) is 4. The molecule has 2 aromatic rings. The summed E-state index contributed by atoms with van der Waals surface area (Å²) in [4.78, 5) is 35.3. The number of ether oxygens (including phenoxy) is 1. The number of hydrogen-bond acceptors (Lipinski definition) is 5. The van der Waals surface area contributed by atoms with Gasteiger partial charge in [-0.15, -0.1) is 0 Å². The van der Waals surface area contributed by atoms with Crippen molar-refractivity contribution in [3.8, 4) is 11.1 Å². The van der Waals surface area contributed by atoms with Crippen LogP contribution >= 0.6 is 0 Å². The third kappa shape index (κ3) is 5.21. The second-order valence-electron chi connectivity index (χ2n) is 7.42. The van der Waals surface area contributed by atoms with Crippen LogP contribution in [0.5, 0.6) is 0 Å². The van der Waals surface area contributed by atoms with Gasteiger partial charge in [-0.2, -0.15) is 0 Å². The van der Waals surface area contributed by atoms with E-state index in [1.807, 2.05) is 36.4 Å². The molecule has 3 rings (SSSR count). The lowest BCUT2D eigenvalue weighted by atomic mass is 9.98. The highest BCUT2D eigenvalue weighted by Gasteiger charge is 2.29. The van der Waals surface area contributed by atoms with Crippen LogP contribution in [0.1, 0.15) is 36.8 Å². The second-order valence-corrected chi connectivity index (χ2v) is 7.42. The summed E-state index contributed by atoms with van der Waals surface area (Å²) < 4.78 is 5.48. The maximum absolute atomic E-state index is 12.4. The van der Waals surface area contributed by atoms with E-state index in [0.29, 0.717) is 6.42 Å². The molecule has 8 nitrogen and oxygen atoms in total. The zero-order valence-electron chi connectivity index (χ0n) is 17.2. The number of benzene rings is 2. The molecule has 0 saturated carbocycles. The number of carboxylic acid groups (broad SMARTS) is 1. The number of rotatable bonds is 9. The van der Waals surface area contributed by atoms with Crippen LogP contribution in [0.4, 0.5) is 4.79 Å². The topological polar surface area (TPSA) is 125 Å². The molecular weight excluding hydrogens is 400 g/mol. The number of carboxylic acids is 1. The predicted octanol–water partition coefficient (Wildman–Crippen LogP) is 2.26. The number of nitrogens with one attached hydrogen (secondary N) is 2. The number of aliphatic hydroxyl groups is 1. The van der Waals surface area contributed by atoms with Gasteiger partial charge in [0, 0.05) is 18.4 Å². The lowest BCUT2D eigenvalue weighted by Crippen LogP contribution is -2.46. The van der Waals surface area contributed by atoms with Crippen molar-refractivity contribution < 1.29 is 29.3 Å². The summed E-state index contributed by atoms with van der Waals surface area (Å²) in [5.41, 5.74) is 4.47. The Labute approximate surface area is 180 Å². The molecule has 0 saturated heterocycles. The fourth-order valence-corrected chi connectivity index (χ4v) is 3.77. The quantitative estimate of drug-likeness (QED) is 0.487. The third-order valence-electron chi connectivity index (χ3n) is 5.41. The van der Waals surface area contributed by atoms with Crippen LogP contribution in [0.15, 0.2) is 48.5 Å². The molecule has 8 heteroatoms. The predicted molar refractivity (Wildman–Crippen MR) is 114 cm³/mol. The molecule has 1 aliphatic carbocycles. The van der Waals surface area contributed by atoms with Gasteiger partial charge in [-0.1, -0.05) is 55.5 Å². The van der Waals surface area contributed by atoms with Crippen molar-refractivity contribution in [1.82, 2.24) is 10.6 Å². The minimum Gasteiger partial charge on any atom is -0.480 e. The van der Waals surface area contributed by atoms with Gasteiger partial charge < -0.3 is 25.6 Å². The van der Waals surface area contributed by atoms with Crippen LogP contribution in [0, 0.1) is 0 Å². The molecule has 0 radical (unpaired) electrons. The fourth-order valence-electron chi connectivity index (χ4n) is 3.77. The minimum absolute atomic E-state index is 0.0672. The number of alkyl carbamates (subject to hydrolysis) is 1. The van der Waals surface area contributed by atoms with Crippen molar-refractivity contribution in [1.29, 1.82) is 0 Å². The van der Waals surface area contributed by atoms with Crippen LogP contribution in [-0.2, 0) is 14.3 Å². The first kappa shape index (κ1) is 22.3. The van der Waals surface area contributed by atoms with Crippen LogP contribution in [-0.4, -0.2) is 53.5 Å². The van der Waals surface area contributed by atoms with Crippen molar-refractivity contribution in [3.63, 3.8) is 0 Å². The molecule has 4 N–H and O–H groups in total. The Morgan fingerprint density at radius 2 is 1.58 bits per heavy atom. The van der Waals surface area contributed by atoms with E-state index in [0.717, 1.165) is 22.3 Å². The summed E-state index contributed by atoms with van der Waals surface area (Å²) in [6.45, 7) is 1.24. The maximum Gasteiger partial charge on any atom is 0.407 e. The standard InChI is InChI=1S/C23H26N2O6/c1-2-14(11-21(27)25-20(12-26)22(28)29)24-23(30)31-13-19-17-9-5-3-7-15(17)16-8-4-6-10-18(16)19/h3-10,14,19-20,26H,2,11-13H2,1H3,(H,24,30)(H,25,27)(H,28,29)/t14-,20+/m1/s1. The highest BCUT2D eigenvalue weighted by atomic mass is 16.5. The normalized spacial score (nSPS) is 14.1. The van der Waals surface area contributed by atoms with E-state index in [4.69, 9.17) is 14.9 Å². The lowest BCUT2D eigenvalue weighted by molar-refractivity contribution is -0.143. The molecule has 0 spiro atoms. The summed E-state index contributed by atoms with van der Waals surface area (Å²) >= 11 is 0. The molecule has 0 aromatic heterocycles. The van der Waals surface area contributed by atoms with Gasteiger partial charge in [-0.05, 0) is 28.7 Å². The molecule has 164 valence electrons. The zero-order valence-corrected chi connectivity index (χ0v) is 17.2. The number of carbonyl (C=O) groups is 3. The van der Waals surface area contributed by atoms with Gasteiger partial charge in [0.2, 0.25) is 5.91 Å². The van der Waals surface area contributed by atoms with Crippen LogP contribution in [0.25, 0.3) is 11.1 Å². The average molecular weight is 426 g/mol. The van der Waals surface area contributed by atoms with Crippen molar-refractivity contribution in [3.05, 3.63) is 59.7 Å². The summed E-state index contributed by atoms with van der Waals surface area (Å²) in [5.74, 6) is -1.97. The number of aliphatic carboxylic acids is 1. The number of aliphatic hydroxyl groups excluding tert-OH is 1. The van der Waals surface area contributed by atoms with Gasteiger partial charge in [0.05, 0.1) is 6.61 Å². The van der Waals surface area contributed by atoms with Crippen molar-refractivity contribution in [2.75, 3.05) is 13.2 Å². The molecule has 0 heterocycles. The first-order chi connectivity index (χ1) is 14.9.